The van der Waals surface area contributed by atoms with E-state index in [0.29, 0.717) is 11.8 Å². The van der Waals surface area contributed by atoms with Crippen molar-refractivity contribution in [2.24, 2.45) is 0 Å². The molecule has 0 heterocycles. The van der Waals surface area contributed by atoms with Gasteiger partial charge in [-0.15, -0.1) is 0 Å². The van der Waals surface area contributed by atoms with E-state index in [1.54, 1.807) is 25.1 Å². The number of carbonyl (C=O) groups excluding carboxylic acids is 1. The van der Waals surface area contributed by atoms with Gasteiger partial charge in [-0.3, -0.25) is 4.79 Å². The number of carbonyl (C=O) groups is 1. The standard InChI is InChI=1S/C17H16BrF3N2O3S/c1-10-9-12(7-8-14(10)18)22-16(24)11(2)23-27(25,26)15-6-4-3-5-13(15)17(19,20)21/h3-9,11,23H,1-2H3,(H,22,24). The summed E-state index contributed by atoms with van der Waals surface area (Å²) in [7, 11) is -4.56. The number of halogens is 4. The Morgan fingerprint density at radius 1 is 1.15 bits per heavy atom. The molecule has 0 saturated heterocycles. The number of benzene rings is 2. The third-order valence-electron chi connectivity index (χ3n) is 3.63. The van der Waals surface area contributed by atoms with Gasteiger partial charge in [0.25, 0.3) is 0 Å². The van der Waals surface area contributed by atoms with Gasteiger partial charge in [-0.1, -0.05) is 28.1 Å². The van der Waals surface area contributed by atoms with Crippen LogP contribution in [0.3, 0.4) is 0 Å². The fourth-order valence-electron chi connectivity index (χ4n) is 2.26. The van der Waals surface area contributed by atoms with Crippen LogP contribution in [0, 0.1) is 6.92 Å². The summed E-state index contributed by atoms with van der Waals surface area (Å²) in [6.07, 6.45) is -4.84. The van der Waals surface area contributed by atoms with Crippen LogP contribution >= 0.6 is 15.9 Å². The molecule has 1 amide bonds. The van der Waals surface area contributed by atoms with Crippen LogP contribution in [-0.4, -0.2) is 20.4 Å². The molecule has 0 spiro atoms. The predicted molar refractivity (Wildman–Crippen MR) is 98.7 cm³/mol. The quantitative estimate of drug-likeness (QED) is 0.699. The van der Waals surface area contributed by atoms with Crippen molar-refractivity contribution in [2.75, 3.05) is 5.32 Å². The Morgan fingerprint density at radius 3 is 2.37 bits per heavy atom. The molecule has 0 aliphatic heterocycles. The van der Waals surface area contributed by atoms with Crippen molar-refractivity contribution in [1.82, 2.24) is 4.72 Å². The van der Waals surface area contributed by atoms with Crippen LogP contribution in [0.4, 0.5) is 18.9 Å². The minimum absolute atomic E-state index is 0.433. The fourth-order valence-corrected chi connectivity index (χ4v) is 3.93. The second kappa shape index (κ2) is 7.99. The summed E-state index contributed by atoms with van der Waals surface area (Å²) in [5.74, 6) is -0.704. The van der Waals surface area contributed by atoms with Crippen molar-refractivity contribution in [3.63, 3.8) is 0 Å². The van der Waals surface area contributed by atoms with Gasteiger partial charge in [-0.05, 0) is 49.7 Å². The van der Waals surface area contributed by atoms with Gasteiger partial charge >= 0.3 is 6.18 Å². The van der Waals surface area contributed by atoms with E-state index in [2.05, 4.69) is 21.2 Å². The number of hydrogen-bond acceptors (Lipinski definition) is 3. The van der Waals surface area contributed by atoms with Gasteiger partial charge in [0.1, 0.15) is 0 Å². The predicted octanol–water partition coefficient (Wildman–Crippen LogP) is 4.08. The molecule has 0 saturated carbocycles. The van der Waals surface area contributed by atoms with E-state index in [9.17, 15) is 26.4 Å². The average Bonchev–Trinajstić information content (AvgIpc) is 2.57. The number of hydrogen-bond donors (Lipinski definition) is 2. The molecular weight excluding hydrogens is 449 g/mol. The molecule has 0 bridgehead atoms. The van der Waals surface area contributed by atoms with Crippen LogP contribution < -0.4 is 10.0 Å². The van der Waals surface area contributed by atoms with Gasteiger partial charge in [0.05, 0.1) is 16.5 Å². The van der Waals surface area contributed by atoms with Crippen LogP contribution in [0.25, 0.3) is 0 Å². The van der Waals surface area contributed by atoms with Gasteiger partial charge in [0.2, 0.25) is 15.9 Å². The van der Waals surface area contributed by atoms with Crippen LogP contribution in [0.15, 0.2) is 51.8 Å². The lowest BCUT2D eigenvalue weighted by molar-refractivity contribution is -0.139. The van der Waals surface area contributed by atoms with Crippen molar-refractivity contribution < 1.29 is 26.4 Å². The summed E-state index contributed by atoms with van der Waals surface area (Å²) in [6, 6.07) is 7.47. The Balaban J connectivity index is 2.20. The number of rotatable bonds is 5. The van der Waals surface area contributed by atoms with E-state index < -0.39 is 38.6 Å². The third kappa shape index (κ3) is 5.30. The van der Waals surface area contributed by atoms with Crippen LogP contribution in [-0.2, 0) is 21.0 Å². The lowest BCUT2D eigenvalue weighted by Gasteiger charge is -2.17. The van der Waals surface area contributed by atoms with Crippen molar-refractivity contribution in [2.45, 2.75) is 31.0 Å². The average molecular weight is 465 g/mol. The molecule has 1 unspecified atom stereocenters. The van der Waals surface area contributed by atoms with Crippen molar-refractivity contribution in [3.8, 4) is 0 Å². The van der Waals surface area contributed by atoms with Gasteiger partial charge in [0.15, 0.2) is 0 Å². The maximum Gasteiger partial charge on any atom is 0.417 e. The normalized spacial score (nSPS) is 13.3. The minimum atomic E-state index is -4.84. The number of amides is 1. The van der Waals surface area contributed by atoms with Crippen LogP contribution in [0.1, 0.15) is 18.1 Å². The molecule has 0 aromatic heterocycles. The summed E-state index contributed by atoms with van der Waals surface area (Å²) in [6.45, 7) is 3.05. The molecule has 146 valence electrons. The monoisotopic (exact) mass is 464 g/mol. The zero-order valence-electron chi connectivity index (χ0n) is 14.3. The van der Waals surface area contributed by atoms with Crippen LogP contribution in [0.5, 0.6) is 0 Å². The van der Waals surface area contributed by atoms with Crippen molar-refractivity contribution in [3.05, 3.63) is 58.1 Å². The Hall–Kier alpha value is -1.91. The number of aryl methyl sites for hydroxylation is 1. The van der Waals surface area contributed by atoms with Crippen LogP contribution in [0.2, 0.25) is 0 Å². The third-order valence-corrected chi connectivity index (χ3v) is 6.12. The molecule has 2 aromatic rings. The first-order valence-electron chi connectivity index (χ1n) is 7.67. The van der Waals surface area contributed by atoms with E-state index in [-0.39, 0.29) is 0 Å². The molecule has 0 aliphatic carbocycles. The smallest absolute Gasteiger partial charge is 0.325 e. The Morgan fingerprint density at radius 2 is 1.78 bits per heavy atom. The number of alkyl halides is 3. The molecule has 5 nitrogen and oxygen atoms in total. The van der Waals surface area contributed by atoms with E-state index in [4.69, 9.17) is 0 Å². The SMILES string of the molecule is Cc1cc(NC(=O)C(C)NS(=O)(=O)c2ccccc2C(F)(F)F)ccc1Br. The first kappa shape index (κ1) is 21.4. The Bertz CT molecular complexity index is 962. The van der Waals surface area contributed by atoms with Gasteiger partial charge in [0, 0.05) is 10.2 Å². The van der Waals surface area contributed by atoms with Gasteiger partial charge in [-0.2, -0.15) is 17.9 Å². The molecule has 0 aliphatic rings. The summed E-state index contributed by atoms with van der Waals surface area (Å²) < 4.78 is 66.7. The van der Waals surface area contributed by atoms with E-state index in [1.165, 1.54) is 13.0 Å². The lowest BCUT2D eigenvalue weighted by Crippen LogP contribution is -2.42. The molecule has 2 N–H and O–H groups in total. The maximum absolute atomic E-state index is 13.1. The highest BCUT2D eigenvalue weighted by molar-refractivity contribution is 9.10. The first-order chi connectivity index (χ1) is 12.4. The minimum Gasteiger partial charge on any atom is -0.325 e. The highest BCUT2D eigenvalue weighted by atomic mass is 79.9. The van der Waals surface area contributed by atoms with Crippen molar-refractivity contribution in [1.29, 1.82) is 0 Å². The first-order valence-corrected chi connectivity index (χ1v) is 9.95. The van der Waals surface area contributed by atoms with E-state index in [0.717, 1.165) is 22.2 Å². The summed E-state index contributed by atoms with van der Waals surface area (Å²) in [5, 5.41) is 2.52. The molecule has 1 atom stereocenters. The lowest BCUT2D eigenvalue weighted by atomic mass is 10.2. The summed E-state index contributed by atoms with van der Waals surface area (Å²) >= 11 is 3.32. The number of anilines is 1. The molecule has 27 heavy (non-hydrogen) atoms. The maximum atomic E-state index is 13.1. The summed E-state index contributed by atoms with van der Waals surface area (Å²) in [4.78, 5) is 11.3. The highest BCUT2D eigenvalue weighted by Crippen LogP contribution is 2.33. The Kier molecular flexibility index (Phi) is 6.33. The molecule has 2 aromatic carbocycles. The van der Waals surface area contributed by atoms with E-state index in [1.807, 2.05) is 4.72 Å². The molecule has 0 radical (unpaired) electrons. The zero-order chi connectivity index (χ0) is 20.4. The van der Waals surface area contributed by atoms with Gasteiger partial charge < -0.3 is 5.32 Å². The zero-order valence-corrected chi connectivity index (χ0v) is 16.7. The highest BCUT2D eigenvalue weighted by Gasteiger charge is 2.37. The largest absolute Gasteiger partial charge is 0.417 e. The fraction of sp³-hybridized carbons (Fsp3) is 0.235. The Labute approximate surface area is 163 Å². The second-order valence-corrected chi connectivity index (χ2v) is 8.33. The molecule has 0 fully saturated rings. The van der Waals surface area contributed by atoms with Gasteiger partial charge in [-0.25, -0.2) is 8.42 Å². The van der Waals surface area contributed by atoms with E-state index >= 15 is 0 Å². The molecule has 2 rings (SSSR count). The topological polar surface area (TPSA) is 75.3 Å². The summed E-state index contributed by atoms with van der Waals surface area (Å²) in [5.41, 5.74) is -0.0174. The second-order valence-electron chi connectivity index (χ2n) is 5.79. The molecular formula is C17H16BrF3N2O3S. The number of nitrogens with one attached hydrogen (secondary N) is 2. The number of sulfonamides is 1. The molecule has 10 heteroatoms. The van der Waals surface area contributed by atoms with Crippen molar-refractivity contribution >= 4 is 37.5 Å².